The summed E-state index contributed by atoms with van der Waals surface area (Å²) < 4.78 is 0. The van der Waals surface area contributed by atoms with Gasteiger partial charge < -0.3 is 10.0 Å². The normalized spacial score (nSPS) is 27.8. The van der Waals surface area contributed by atoms with E-state index in [0.29, 0.717) is 13.1 Å². The first-order chi connectivity index (χ1) is 9.99. The van der Waals surface area contributed by atoms with E-state index >= 15 is 0 Å². The van der Waals surface area contributed by atoms with Crippen molar-refractivity contribution >= 4 is 17.7 Å². The van der Waals surface area contributed by atoms with Crippen LogP contribution < -0.4 is 4.90 Å². The number of benzene rings is 1. The van der Waals surface area contributed by atoms with Gasteiger partial charge in [-0.15, -0.1) is 0 Å². The summed E-state index contributed by atoms with van der Waals surface area (Å²) in [5.74, 6) is -1.27. The highest BCUT2D eigenvalue weighted by atomic mass is 16.4. The Hall–Kier alpha value is -2.04. The molecule has 0 bridgehead atoms. The van der Waals surface area contributed by atoms with E-state index in [1.165, 1.54) is 5.56 Å². The third-order valence-electron chi connectivity index (χ3n) is 4.61. The van der Waals surface area contributed by atoms with Crippen molar-refractivity contribution in [2.45, 2.75) is 26.3 Å². The van der Waals surface area contributed by atoms with Crippen LogP contribution in [-0.2, 0) is 11.2 Å². The Morgan fingerprint density at radius 3 is 2.57 bits per heavy atom. The first-order valence-corrected chi connectivity index (χ1v) is 7.38. The number of anilines is 1. The van der Waals surface area contributed by atoms with Crippen LogP contribution in [0, 0.1) is 11.8 Å². The summed E-state index contributed by atoms with van der Waals surface area (Å²) in [7, 11) is 0. The molecule has 2 aliphatic rings. The average Bonchev–Trinajstić information content (AvgIpc) is 2.97. The Morgan fingerprint density at radius 2 is 1.90 bits per heavy atom. The summed E-state index contributed by atoms with van der Waals surface area (Å²) in [6.45, 7) is 4.75. The van der Waals surface area contributed by atoms with Gasteiger partial charge in [0.2, 0.25) is 0 Å². The number of carbonyl (C=O) groups excluding carboxylic acids is 1. The molecule has 3 unspecified atom stereocenters. The molecular formula is C16H20N2O3. The number of amides is 2. The smallest absolute Gasteiger partial charge is 0.324 e. The summed E-state index contributed by atoms with van der Waals surface area (Å²) in [5.41, 5.74) is 2.14. The van der Waals surface area contributed by atoms with Crippen molar-refractivity contribution in [3.8, 4) is 0 Å². The molecule has 3 atom stereocenters. The van der Waals surface area contributed by atoms with E-state index in [1.54, 1.807) is 4.90 Å². The van der Waals surface area contributed by atoms with Gasteiger partial charge in [-0.1, -0.05) is 25.1 Å². The van der Waals surface area contributed by atoms with Crippen molar-refractivity contribution in [3.05, 3.63) is 29.8 Å². The molecule has 0 saturated carbocycles. The molecule has 2 amide bonds. The number of nitrogens with zero attached hydrogens (tertiary/aromatic N) is 2. The minimum absolute atomic E-state index is 0.000368. The van der Waals surface area contributed by atoms with Crippen LogP contribution in [0.5, 0.6) is 0 Å². The van der Waals surface area contributed by atoms with Crippen LogP contribution in [-0.4, -0.2) is 41.1 Å². The molecule has 1 N–H and O–H groups in total. The maximum Gasteiger partial charge on any atom is 0.324 e. The molecule has 21 heavy (non-hydrogen) atoms. The van der Waals surface area contributed by atoms with Gasteiger partial charge in [-0.05, 0) is 30.9 Å². The number of carboxylic acid groups (broad SMARTS) is 1. The maximum atomic E-state index is 12.8. The molecule has 0 aliphatic carbocycles. The molecule has 1 aromatic rings. The average molecular weight is 288 g/mol. The Labute approximate surface area is 124 Å². The van der Waals surface area contributed by atoms with E-state index in [-0.39, 0.29) is 18.0 Å². The molecule has 2 aliphatic heterocycles. The van der Waals surface area contributed by atoms with E-state index in [2.05, 4.69) is 0 Å². The van der Waals surface area contributed by atoms with Crippen LogP contribution in [0.2, 0.25) is 0 Å². The first kappa shape index (κ1) is 13.9. The Bertz CT molecular complexity index is 587. The fourth-order valence-electron chi connectivity index (χ4n) is 3.45. The highest BCUT2D eigenvalue weighted by molar-refractivity contribution is 5.95. The van der Waals surface area contributed by atoms with Crippen molar-refractivity contribution in [2.75, 3.05) is 18.0 Å². The van der Waals surface area contributed by atoms with Gasteiger partial charge in [0.05, 0.1) is 5.92 Å². The van der Waals surface area contributed by atoms with Gasteiger partial charge >= 0.3 is 12.0 Å². The maximum absolute atomic E-state index is 12.8. The zero-order valence-electron chi connectivity index (χ0n) is 12.3. The van der Waals surface area contributed by atoms with Gasteiger partial charge in [0.25, 0.3) is 0 Å². The molecule has 112 valence electrons. The molecule has 0 aromatic heterocycles. The third-order valence-corrected chi connectivity index (χ3v) is 4.61. The second-order valence-corrected chi connectivity index (χ2v) is 6.16. The summed E-state index contributed by atoms with van der Waals surface area (Å²) in [4.78, 5) is 27.5. The lowest BCUT2D eigenvalue weighted by Gasteiger charge is -2.28. The van der Waals surface area contributed by atoms with Crippen molar-refractivity contribution < 1.29 is 14.7 Å². The molecule has 1 fully saturated rings. The van der Waals surface area contributed by atoms with E-state index < -0.39 is 11.9 Å². The van der Waals surface area contributed by atoms with E-state index in [1.807, 2.05) is 43.0 Å². The van der Waals surface area contributed by atoms with Crippen LogP contribution >= 0.6 is 0 Å². The van der Waals surface area contributed by atoms with Crippen molar-refractivity contribution in [1.82, 2.24) is 4.90 Å². The molecule has 1 aromatic carbocycles. The lowest BCUT2D eigenvalue weighted by Crippen LogP contribution is -2.45. The summed E-state index contributed by atoms with van der Waals surface area (Å²) >= 11 is 0. The quantitative estimate of drug-likeness (QED) is 0.862. The molecule has 0 radical (unpaired) electrons. The fourth-order valence-corrected chi connectivity index (χ4v) is 3.45. The van der Waals surface area contributed by atoms with Gasteiger partial charge in [0.15, 0.2) is 0 Å². The molecule has 3 rings (SSSR count). The van der Waals surface area contributed by atoms with E-state index in [9.17, 15) is 14.7 Å². The summed E-state index contributed by atoms with van der Waals surface area (Å²) in [6.07, 6.45) is 0.855. The number of fused-ring (bicyclic) bond motifs is 1. The zero-order valence-corrected chi connectivity index (χ0v) is 12.3. The molecule has 5 heteroatoms. The number of likely N-dealkylation sites (tertiary alicyclic amines) is 1. The number of carbonyl (C=O) groups is 2. The molecule has 2 heterocycles. The van der Waals surface area contributed by atoms with E-state index in [0.717, 1.165) is 12.1 Å². The SMILES string of the molecule is CC1CN(C(=O)N2c3ccccc3CC2C)CC1C(=O)O. The predicted octanol–water partition coefficient (Wildman–Crippen LogP) is 2.21. The molecule has 5 nitrogen and oxygen atoms in total. The van der Waals surface area contributed by atoms with Gasteiger partial charge in [-0.25, -0.2) is 4.79 Å². The number of rotatable bonds is 1. The zero-order chi connectivity index (χ0) is 15.1. The second-order valence-electron chi connectivity index (χ2n) is 6.16. The van der Waals surface area contributed by atoms with Crippen molar-refractivity contribution in [1.29, 1.82) is 0 Å². The van der Waals surface area contributed by atoms with Crippen molar-refractivity contribution in [3.63, 3.8) is 0 Å². The summed E-state index contributed by atoms with van der Waals surface area (Å²) in [5, 5.41) is 9.21. The third kappa shape index (κ3) is 2.26. The Kier molecular flexibility index (Phi) is 3.35. The highest BCUT2D eigenvalue weighted by Crippen LogP contribution is 2.34. The topological polar surface area (TPSA) is 60.9 Å². The van der Waals surface area contributed by atoms with Crippen LogP contribution in [0.25, 0.3) is 0 Å². The minimum Gasteiger partial charge on any atom is -0.481 e. The first-order valence-electron chi connectivity index (χ1n) is 7.38. The number of hydrogen-bond donors (Lipinski definition) is 1. The predicted molar refractivity (Wildman–Crippen MR) is 79.3 cm³/mol. The second kappa shape index (κ2) is 5.06. The monoisotopic (exact) mass is 288 g/mol. The number of hydrogen-bond acceptors (Lipinski definition) is 2. The lowest BCUT2D eigenvalue weighted by molar-refractivity contribution is -0.142. The van der Waals surface area contributed by atoms with Crippen molar-refractivity contribution in [2.24, 2.45) is 11.8 Å². The molecular weight excluding hydrogens is 268 g/mol. The lowest BCUT2D eigenvalue weighted by atomic mass is 9.99. The van der Waals surface area contributed by atoms with Crippen LogP contribution in [0.3, 0.4) is 0 Å². The Morgan fingerprint density at radius 1 is 1.19 bits per heavy atom. The van der Waals surface area contributed by atoms with Gasteiger partial charge in [0.1, 0.15) is 0 Å². The van der Waals surface area contributed by atoms with Crippen LogP contribution in [0.15, 0.2) is 24.3 Å². The van der Waals surface area contributed by atoms with Gasteiger partial charge in [-0.3, -0.25) is 9.69 Å². The van der Waals surface area contributed by atoms with Crippen LogP contribution in [0.4, 0.5) is 10.5 Å². The van der Waals surface area contributed by atoms with Gasteiger partial charge in [-0.2, -0.15) is 0 Å². The van der Waals surface area contributed by atoms with Crippen LogP contribution in [0.1, 0.15) is 19.4 Å². The number of aliphatic carboxylic acids is 1. The van der Waals surface area contributed by atoms with E-state index in [4.69, 9.17) is 0 Å². The Balaban J connectivity index is 1.82. The number of urea groups is 1. The standard InChI is InChI=1S/C16H20N2O3/c1-10-8-17(9-13(10)15(19)20)16(21)18-11(2)7-12-5-3-4-6-14(12)18/h3-6,10-11,13H,7-9H2,1-2H3,(H,19,20). The number of para-hydroxylation sites is 1. The highest BCUT2D eigenvalue weighted by Gasteiger charge is 2.41. The fraction of sp³-hybridized carbons (Fsp3) is 0.500. The molecule has 1 saturated heterocycles. The summed E-state index contributed by atoms with van der Waals surface area (Å²) in [6, 6.07) is 7.98. The number of carboxylic acids is 1. The largest absolute Gasteiger partial charge is 0.481 e. The molecule has 0 spiro atoms. The minimum atomic E-state index is -0.812. The van der Waals surface area contributed by atoms with Gasteiger partial charge in [0, 0.05) is 24.8 Å².